The van der Waals surface area contributed by atoms with Crippen molar-refractivity contribution in [1.29, 1.82) is 0 Å². The van der Waals surface area contributed by atoms with E-state index in [4.69, 9.17) is 5.11 Å². The van der Waals surface area contributed by atoms with E-state index >= 15 is 0 Å². The molecule has 0 aliphatic rings. The molecule has 0 aromatic carbocycles. The number of alkyl halides is 3. The van der Waals surface area contributed by atoms with Crippen molar-refractivity contribution in [2.75, 3.05) is 6.54 Å². The molecule has 0 fully saturated rings. The number of nitrogens with one attached hydrogen (secondary N) is 1. The second kappa shape index (κ2) is 5.52. The summed E-state index contributed by atoms with van der Waals surface area (Å²) in [5, 5.41) is 10.7. The summed E-state index contributed by atoms with van der Waals surface area (Å²) < 4.78 is 37.6. The lowest BCUT2D eigenvalue weighted by Gasteiger charge is -2.30. The second-order valence-electron chi connectivity index (χ2n) is 4.20. The van der Waals surface area contributed by atoms with Crippen molar-refractivity contribution in [2.24, 2.45) is 5.92 Å². The molecule has 6 heteroatoms. The SMILES string of the molecule is CCCC(C)CNC(C)(C(=O)O)C(F)(F)F. The molecule has 0 amide bonds. The number of carboxylic acids is 1. The molecule has 96 valence electrons. The molecule has 2 atom stereocenters. The average molecular weight is 241 g/mol. The maximum atomic E-state index is 12.5. The minimum Gasteiger partial charge on any atom is -0.480 e. The quantitative estimate of drug-likeness (QED) is 0.750. The molecule has 0 spiro atoms. The van der Waals surface area contributed by atoms with E-state index in [0.717, 1.165) is 12.8 Å². The van der Waals surface area contributed by atoms with Crippen LogP contribution in [0.2, 0.25) is 0 Å². The smallest absolute Gasteiger partial charge is 0.417 e. The maximum absolute atomic E-state index is 12.5. The Kier molecular flexibility index (Phi) is 5.25. The van der Waals surface area contributed by atoms with Gasteiger partial charge < -0.3 is 5.11 Å². The molecule has 2 N–H and O–H groups in total. The number of carboxylic acid groups (broad SMARTS) is 1. The molecule has 0 saturated carbocycles. The number of halogens is 3. The van der Waals surface area contributed by atoms with E-state index in [1.165, 1.54) is 0 Å². The van der Waals surface area contributed by atoms with Gasteiger partial charge in [-0.2, -0.15) is 13.2 Å². The van der Waals surface area contributed by atoms with Crippen molar-refractivity contribution >= 4 is 5.97 Å². The first-order chi connectivity index (χ1) is 7.15. The topological polar surface area (TPSA) is 49.3 Å². The third kappa shape index (κ3) is 3.66. The van der Waals surface area contributed by atoms with Gasteiger partial charge in [-0.1, -0.05) is 20.3 Å². The van der Waals surface area contributed by atoms with E-state index in [1.807, 2.05) is 6.92 Å². The Morgan fingerprint density at radius 1 is 1.44 bits per heavy atom. The van der Waals surface area contributed by atoms with Gasteiger partial charge in [-0.25, -0.2) is 4.79 Å². The Balaban J connectivity index is 4.54. The molecule has 0 aliphatic carbocycles. The number of hydrogen-bond donors (Lipinski definition) is 2. The van der Waals surface area contributed by atoms with Crippen LogP contribution in [0.25, 0.3) is 0 Å². The Morgan fingerprint density at radius 2 is 1.94 bits per heavy atom. The first-order valence-corrected chi connectivity index (χ1v) is 5.20. The highest BCUT2D eigenvalue weighted by atomic mass is 19.4. The summed E-state index contributed by atoms with van der Waals surface area (Å²) in [6.07, 6.45) is -3.18. The lowest BCUT2D eigenvalue weighted by molar-refractivity contribution is -0.206. The molecule has 0 aliphatic heterocycles. The van der Waals surface area contributed by atoms with Crippen molar-refractivity contribution in [3.05, 3.63) is 0 Å². The molecule has 16 heavy (non-hydrogen) atoms. The largest absolute Gasteiger partial charge is 0.480 e. The van der Waals surface area contributed by atoms with Crippen molar-refractivity contribution in [2.45, 2.75) is 45.3 Å². The Bertz CT molecular complexity index is 243. The van der Waals surface area contributed by atoms with Gasteiger partial charge in [0, 0.05) is 0 Å². The zero-order valence-electron chi connectivity index (χ0n) is 9.69. The number of hydrogen-bond acceptors (Lipinski definition) is 2. The monoisotopic (exact) mass is 241 g/mol. The molecule has 0 bridgehead atoms. The third-order valence-corrected chi connectivity index (χ3v) is 2.58. The maximum Gasteiger partial charge on any atom is 0.417 e. The van der Waals surface area contributed by atoms with Gasteiger partial charge in [0.25, 0.3) is 0 Å². The van der Waals surface area contributed by atoms with Gasteiger partial charge in [-0.3, -0.25) is 5.32 Å². The van der Waals surface area contributed by atoms with E-state index in [0.29, 0.717) is 6.92 Å². The summed E-state index contributed by atoms with van der Waals surface area (Å²) in [4.78, 5) is 10.7. The summed E-state index contributed by atoms with van der Waals surface area (Å²) in [5.41, 5.74) is -2.87. The molecule has 3 nitrogen and oxygen atoms in total. The zero-order valence-corrected chi connectivity index (χ0v) is 9.69. The molecule has 0 aromatic heterocycles. The molecule has 0 rings (SSSR count). The lowest BCUT2D eigenvalue weighted by Crippen LogP contribution is -2.60. The lowest BCUT2D eigenvalue weighted by atomic mass is 9.99. The fourth-order valence-electron chi connectivity index (χ4n) is 1.27. The van der Waals surface area contributed by atoms with Gasteiger partial charge in [-0.05, 0) is 25.8 Å². The first-order valence-electron chi connectivity index (χ1n) is 5.20. The Hall–Kier alpha value is -0.780. The fraction of sp³-hybridized carbons (Fsp3) is 0.900. The van der Waals surface area contributed by atoms with Crippen molar-refractivity contribution in [1.82, 2.24) is 5.32 Å². The van der Waals surface area contributed by atoms with Gasteiger partial charge in [-0.15, -0.1) is 0 Å². The van der Waals surface area contributed by atoms with E-state index in [1.54, 1.807) is 6.92 Å². The predicted octanol–water partition coefficient (Wildman–Crippen LogP) is 2.42. The summed E-state index contributed by atoms with van der Waals surface area (Å²) in [5.74, 6) is -1.88. The minimum atomic E-state index is -4.80. The number of carbonyl (C=O) groups is 1. The zero-order chi connectivity index (χ0) is 13.0. The van der Waals surface area contributed by atoms with Crippen LogP contribution in [-0.4, -0.2) is 29.3 Å². The molecular weight excluding hydrogens is 223 g/mol. The van der Waals surface area contributed by atoms with Crippen LogP contribution in [0, 0.1) is 5.92 Å². The van der Waals surface area contributed by atoms with Crippen LogP contribution in [0.1, 0.15) is 33.6 Å². The summed E-state index contributed by atoms with van der Waals surface area (Å²) in [7, 11) is 0. The predicted molar refractivity (Wildman–Crippen MR) is 54.2 cm³/mol. The molecule has 0 radical (unpaired) electrons. The van der Waals surface area contributed by atoms with E-state index in [-0.39, 0.29) is 12.5 Å². The molecular formula is C10H18F3NO2. The first kappa shape index (κ1) is 15.2. The molecule has 0 saturated heterocycles. The highest BCUT2D eigenvalue weighted by Crippen LogP contribution is 2.30. The van der Waals surface area contributed by atoms with Gasteiger partial charge in [0.05, 0.1) is 0 Å². The average Bonchev–Trinajstić information content (AvgIpc) is 2.12. The molecule has 0 aromatic rings. The highest BCUT2D eigenvalue weighted by molar-refractivity contribution is 5.79. The molecule has 2 unspecified atom stereocenters. The van der Waals surface area contributed by atoms with E-state index in [2.05, 4.69) is 5.32 Å². The second-order valence-corrected chi connectivity index (χ2v) is 4.20. The Labute approximate surface area is 93.0 Å². The fourth-order valence-corrected chi connectivity index (χ4v) is 1.27. The normalized spacial score (nSPS) is 17.9. The third-order valence-electron chi connectivity index (χ3n) is 2.58. The van der Waals surface area contributed by atoms with Gasteiger partial charge in [0.2, 0.25) is 5.54 Å². The highest BCUT2D eigenvalue weighted by Gasteiger charge is 2.57. The van der Waals surface area contributed by atoms with E-state index in [9.17, 15) is 18.0 Å². The number of rotatable bonds is 6. The van der Waals surface area contributed by atoms with Crippen LogP contribution in [0.5, 0.6) is 0 Å². The van der Waals surface area contributed by atoms with Crippen LogP contribution >= 0.6 is 0 Å². The van der Waals surface area contributed by atoms with Crippen molar-refractivity contribution < 1.29 is 23.1 Å². The van der Waals surface area contributed by atoms with Crippen LogP contribution in [-0.2, 0) is 4.79 Å². The van der Waals surface area contributed by atoms with Crippen LogP contribution in [0.15, 0.2) is 0 Å². The van der Waals surface area contributed by atoms with Crippen molar-refractivity contribution in [3.63, 3.8) is 0 Å². The minimum absolute atomic E-state index is 0.0195. The summed E-state index contributed by atoms with van der Waals surface area (Å²) >= 11 is 0. The summed E-state index contributed by atoms with van der Waals surface area (Å²) in [6, 6.07) is 0. The standard InChI is InChI=1S/C10H18F3NO2/c1-4-5-7(2)6-14-9(3,8(15)16)10(11,12)13/h7,14H,4-6H2,1-3H3,(H,15,16). The molecule has 0 heterocycles. The van der Waals surface area contributed by atoms with Gasteiger partial charge >= 0.3 is 12.1 Å². The van der Waals surface area contributed by atoms with Gasteiger partial charge in [0.1, 0.15) is 0 Å². The summed E-state index contributed by atoms with van der Waals surface area (Å²) in [6.45, 7) is 4.40. The van der Waals surface area contributed by atoms with E-state index < -0.39 is 17.7 Å². The Morgan fingerprint density at radius 3 is 2.25 bits per heavy atom. The van der Waals surface area contributed by atoms with Crippen molar-refractivity contribution in [3.8, 4) is 0 Å². The van der Waals surface area contributed by atoms with Crippen LogP contribution < -0.4 is 5.32 Å². The number of aliphatic carboxylic acids is 1. The van der Waals surface area contributed by atoms with Gasteiger partial charge in [0.15, 0.2) is 0 Å². The van der Waals surface area contributed by atoms with Crippen LogP contribution in [0.3, 0.4) is 0 Å². The van der Waals surface area contributed by atoms with Crippen LogP contribution in [0.4, 0.5) is 13.2 Å².